The van der Waals surface area contributed by atoms with Gasteiger partial charge < -0.3 is 4.74 Å². The molecule has 1 aromatic carbocycles. The molecule has 0 fully saturated rings. The van der Waals surface area contributed by atoms with Crippen molar-refractivity contribution in [1.82, 2.24) is 0 Å². The standard InChI is InChI=1S/C21H32O/c1-3-4-5-6-7-10-15-22-17-18(2)20-14-13-19-11-8-9-12-21(19)16-20/h13-14,16-17H,3-12,15H2,1-2H3. The van der Waals surface area contributed by atoms with Gasteiger partial charge in [-0.1, -0.05) is 57.2 Å². The smallest absolute Gasteiger partial charge is 0.0873 e. The summed E-state index contributed by atoms with van der Waals surface area (Å²) in [6, 6.07) is 6.94. The molecule has 0 amide bonds. The summed E-state index contributed by atoms with van der Waals surface area (Å²) >= 11 is 0. The van der Waals surface area contributed by atoms with Gasteiger partial charge in [0.2, 0.25) is 0 Å². The fraction of sp³-hybridized carbons (Fsp3) is 0.619. The predicted molar refractivity (Wildman–Crippen MR) is 96.1 cm³/mol. The molecular formula is C21H32O. The van der Waals surface area contributed by atoms with E-state index < -0.39 is 0 Å². The highest BCUT2D eigenvalue weighted by Crippen LogP contribution is 2.25. The maximum Gasteiger partial charge on any atom is 0.0873 e. The molecule has 2 rings (SSSR count). The van der Waals surface area contributed by atoms with Gasteiger partial charge in [0.15, 0.2) is 0 Å². The monoisotopic (exact) mass is 300 g/mol. The van der Waals surface area contributed by atoms with Gasteiger partial charge in [0.1, 0.15) is 0 Å². The molecule has 1 aromatic rings. The topological polar surface area (TPSA) is 9.23 Å². The van der Waals surface area contributed by atoms with E-state index in [0.717, 1.165) is 6.61 Å². The number of hydrogen-bond acceptors (Lipinski definition) is 1. The van der Waals surface area contributed by atoms with Crippen LogP contribution in [0, 0.1) is 0 Å². The third-order valence-electron chi connectivity index (χ3n) is 4.68. The normalized spacial score (nSPS) is 14.7. The maximum atomic E-state index is 5.74. The summed E-state index contributed by atoms with van der Waals surface area (Å²) in [5.41, 5.74) is 5.67. The summed E-state index contributed by atoms with van der Waals surface area (Å²) in [5.74, 6) is 0. The van der Waals surface area contributed by atoms with Crippen molar-refractivity contribution in [1.29, 1.82) is 0 Å². The second-order valence-corrected chi connectivity index (χ2v) is 6.63. The Morgan fingerprint density at radius 2 is 1.73 bits per heavy atom. The first kappa shape index (κ1) is 17.1. The first-order valence-electron chi connectivity index (χ1n) is 9.22. The predicted octanol–water partition coefficient (Wildman–Crippen LogP) is 6.30. The van der Waals surface area contributed by atoms with Gasteiger partial charge in [-0.3, -0.25) is 0 Å². The quantitative estimate of drug-likeness (QED) is 0.384. The summed E-state index contributed by atoms with van der Waals surface area (Å²) in [6.07, 6.45) is 15.0. The van der Waals surface area contributed by atoms with Crippen molar-refractivity contribution < 1.29 is 4.74 Å². The molecule has 122 valence electrons. The number of rotatable bonds is 9. The number of allylic oxidation sites excluding steroid dienone is 1. The summed E-state index contributed by atoms with van der Waals surface area (Å²) in [4.78, 5) is 0. The molecule has 0 N–H and O–H groups in total. The molecule has 0 radical (unpaired) electrons. The Morgan fingerprint density at radius 1 is 1.00 bits per heavy atom. The third-order valence-corrected chi connectivity index (χ3v) is 4.68. The van der Waals surface area contributed by atoms with E-state index in [1.165, 1.54) is 75.3 Å². The van der Waals surface area contributed by atoms with Gasteiger partial charge in [0, 0.05) is 0 Å². The van der Waals surface area contributed by atoms with Crippen molar-refractivity contribution in [3.8, 4) is 0 Å². The fourth-order valence-electron chi connectivity index (χ4n) is 3.20. The minimum Gasteiger partial charge on any atom is -0.501 e. The van der Waals surface area contributed by atoms with Crippen LogP contribution in [0.5, 0.6) is 0 Å². The van der Waals surface area contributed by atoms with E-state index in [-0.39, 0.29) is 0 Å². The SMILES string of the molecule is CCCCCCCCOC=C(C)c1ccc2c(c1)CCCC2. The second-order valence-electron chi connectivity index (χ2n) is 6.63. The zero-order chi connectivity index (χ0) is 15.6. The molecule has 0 heterocycles. The third kappa shape index (κ3) is 5.51. The van der Waals surface area contributed by atoms with Crippen LogP contribution < -0.4 is 0 Å². The van der Waals surface area contributed by atoms with Crippen molar-refractivity contribution in [3.05, 3.63) is 41.2 Å². The molecule has 0 saturated heterocycles. The Bertz CT molecular complexity index is 473. The maximum absolute atomic E-state index is 5.74. The van der Waals surface area contributed by atoms with Crippen LogP contribution in [0.1, 0.15) is 81.9 Å². The van der Waals surface area contributed by atoms with Gasteiger partial charge >= 0.3 is 0 Å². The number of unbranched alkanes of at least 4 members (excludes halogenated alkanes) is 5. The van der Waals surface area contributed by atoms with Gasteiger partial charge in [0.05, 0.1) is 12.9 Å². The van der Waals surface area contributed by atoms with Crippen LogP contribution >= 0.6 is 0 Å². The first-order valence-corrected chi connectivity index (χ1v) is 9.22. The minimum atomic E-state index is 0.856. The van der Waals surface area contributed by atoms with Crippen LogP contribution in [-0.4, -0.2) is 6.61 Å². The van der Waals surface area contributed by atoms with Gasteiger partial charge in [-0.15, -0.1) is 0 Å². The Labute approximate surface area is 136 Å². The van der Waals surface area contributed by atoms with Crippen LogP contribution in [0.2, 0.25) is 0 Å². The summed E-state index contributed by atoms with van der Waals surface area (Å²) in [6.45, 7) is 5.28. The van der Waals surface area contributed by atoms with Crippen LogP contribution in [0.4, 0.5) is 0 Å². The van der Waals surface area contributed by atoms with Gasteiger partial charge in [-0.2, -0.15) is 0 Å². The lowest BCUT2D eigenvalue weighted by molar-refractivity contribution is 0.241. The lowest BCUT2D eigenvalue weighted by Gasteiger charge is -2.16. The minimum absolute atomic E-state index is 0.856. The van der Waals surface area contributed by atoms with Crippen molar-refractivity contribution >= 4 is 5.57 Å². The summed E-state index contributed by atoms with van der Waals surface area (Å²) in [7, 11) is 0. The Hall–Kier alpha value is -1.24. The van der Waals surface area contributed by atoms with Gasteiger partial charge in [-0.05, 0) is 61.3 Å². The molecular weight excluding hydrogens is 268 g/mol. The molecule has 1 nitrogen and oxygen atoms in total. The molecule has 0 aromatic heterocycles. The van der Waals surface area contributed by atoms with Crippen molar-refractivity contribution in [2.75, 3.05) is 6.61 Å². The van der Waals surface area contributed by atoms with Crippen LogP contribution in [0.15, 0.2) is 24.5 Å². The zero-order valence-corrected chi connectivity index (χ0v) is 14.5. The number of ether oxygens (including phenoxy) is 1. The highest BCUT2D eigenvalue weighted by Gasteiger charge is 2.09. The molecule has 0 atom stereocenters. The average Bonchev–Trinajstić information content (AvgIpc) is 2.56. The van der Waals surface area contributed by atoms with Gasteiger partial charge in [0.25, 0.3) is 0 Å². The summed E-state index contributed by atoms with van der Waals surface area (Å²) in [5, 5.41) is 0. The van der Waals surface area contributed by atoms with Crippen LogP contribution in [0.3, 0.4) is 0 Å². The molecule has 0 saturated carbocycles. The second kappa shape index (κ2) is 9.71. The fourth-order valence-corrected chi connectivity index (χ4v) is 3.20. The van der Waals surface area contributed by atoms with E-state index in [1.54, 1.807) is 11.1 Å². The zero-order valence-electron chi connectivity index (χ0n) is 14.5. The molecule has 1 aliphatic carbocycles. The molecule has 0 unspecified atom stereocenters. The van der Waals surface area contributed by atoms with E-state index in [1.807, 2.05) is 6.26 Å². The first-order chi connectivity index (χ1) is 10.8. The van der Waals surface area contributed by atoms with Gasteiger partial charge in [-0.25, -0.2) is 0 Å². The number of fused-ring (bicyclic) bond motifs is 1. The lowest BCUT2D eigenvalue weighted by Crippen LogP contribution is -2.02. The number of hydrogen-bond donors (Lipinski definition) is 0. The Kier molecular flexibility index (Phi) is 7.56. The Morgan fingerprint density at radius 3 is 2.55 bits per heavy atom. The van der Waals surface area contributed by atoms with E-state index in [9.17, 15) is 0 Å². The molecule has 1 heteroatoms. The molecule has 0 bridgehead atoms. The highest BCUT2D eigenvalue weighted by atomic mass is 16.5. The molecule has 22 heavy (non-hydrogen) atoms. The van der Waals surface area contributed by atoms with Crippen molar-refractivity contribution in [2.24, 2.45) is 0 Å². The van der Waals surface area contributed by atoms with Crippen molar-refractivity contribution in [2.45, 2.75) is 78.1 Å². The van der Waals surface area contributed by atoms with Crippen molar-refractivity contribution in [3.63, 3.8) is 0 Å². The molecule has 0 spiro atoms. The van der Waals surface area contributed by atoms with E-state index in [0.29, 0.717) is 0 Å². The van der Waals surface area contributed by atoms with Crippen LogP contribution in [0.25, 0.3) is 5.57 Å². The number of benzene rings is 1. The molecule has 0 aliphatic heterocycles. The Balaban J connectivity index is 1.73. The lowest BCUT2D eigenvalue weighted by atomic mass is 9.89. The average molecular weight is 300 g/mol. The van der Waals surface area contributed by atoms with E-state index >= 15 is 0 Å². The van der Waals surface area contributed by atoms with Crippen LogP contribution in [-0.2, 0) is 17.6 Å². The van der Waals surface area contributed by atoms with E-state index in [2.05, 4.69) is 32.0 Å². The summed E-state index contributed by atoms with van der Waals surface area (Å²) < 4.78 is 5.74. The van der Waals surface area contributed by atoms with E-state index in [4.69, 9.17) is 4.74 Å². The molecule has 1 aliphatic rings. The highest BCUT2D eigenvalue weighted by molar-refractivity contribution is 5.64. The number of aryl methyl sites for hydroxylation is 2. The largest absolute Gasteiger partial charge is 0.501 e.